The molecule has 2 N–H and O–H groups in total. The van der Waals surface area contributed by atoms with E-state index < -0.39 is 23.9 Å². The highest BCUT2D eigenvalue weighted by Gasteiger charge is 2.39. The first kappa shape index (κ1) is 17.5. The fraction of sp³-hybridized carbons (Fsp3) is 0.211. The van der Waals surface area contributed by atoms with Gasteiger partial charge in [0.25, 0.3) is 5.91 Å². The maximum Gasteiger partial charge on any atom is 0.325 e. The molecule has 1 unspecified atom stereocenters. The second kappa shape index (κ2) is 7.26. The Kier molecular flexibility index (Phi) is 4.88. The van der Waals surface area contributed by atoms with Crippen molar-refractivity contribution in [3.8, 4) is 5.75 Å². The van der Waals surface area contributed by atoms with Crippen LogP contribution in [0.5, 0.6) is 5.75 Å². The van der Waals surface area contributed by atoms with Gasteiger partial charge in [-0.3, -0.25) is 14.5 Å². The summed E-state index contributed by atoms with van der Waals surface area (Å²) in [7, 11) is 1.50. The number of rotatable bonds is 5. The van der Waals surface area contributed by atoms with Gasteiger partial charge in [0.2, 0.25) is 5.91 Å². The van der Waals surface area contributed by atoms with E-state index in [0.717, 1.165) is 10.5 Å². The molecule has 3 rings (SSSR count). The van der Waals surface area contributed by atoms with E-state index in [1.165, 1.54) is 7.11 Å². The largest absolute Gasteiger partial charge is 0.495 e. The van der Waals surface area contributed by atoms with Gasteiger partial charge in [0, 0.05) is 0 Å². The number of aryl methyl sites for hydroxylation is 1. The van der Waals surface area contributed by atoms with E-state index in [-0.39, 0.29) is 6.54 Å². The molecule has 0 spiro atoms. The van der Waals surface area contributed by atoms with E-state index in [9.17, 15) is 14.4 Å². The molecule has 1 saturated heterocycles. The first-order chi connectivity index (χ1) is 12.5. The monoisotopic (exact) mass is 353 g/mol. The van der Waals surface area contributed by atoms with Gasteiger partial charge in [-0.2, -0.15) is 0 Å². The molecular weight excluding hydrogens is 334 g/mol. The first-order valence-electron chi connectivity index (χ1n) is 8.11. The lowest BCUT2D eigenvalue weighted by Gasteiger charge is -2.15. The number of carbonyl (C=O) groups excluding carboxylic acids is 3. The predicted octanol–water partition coefficient (Wildman–Crippen LogP) is 2.24. The first-order valence-corrected chi connectivity index (χ1v) is 8.11. The van der Waals surface area contributed by atoms with Gasteiger partial charge in [-0.15, -0.1) is 0 Å². The molecule has 2 aromatic carbocycles. The molecule has 1 aliphatic heterocycles. The Balaban J connectivity index is 1.71. The summed E-state index contributed by atoms with van der Waals surface area (Å²) in [6, 6.07) is 12.9. The van der Waals surface area contributed by atoms with Gasteiger partial charge in [-0.25, -0.2) is 4.79 Å². The average Bonchev–Trinajstić information content (AvgIpc) is 2.91. The van der Waals surface area contributed by atoms with Crippen LogP contribution in [0.3, 0.4) is 0 Å². The highest BCUT2D eigenvalue weighted by atomic mass is 16.5. The number of methoxy groups -OCH3 is 1. The average molecular weight is 353 g/mol. The van der Waals surface area contributed by atoms with Crippen molar-refractivity contribution in [2.45, 2.75) is 13.0 Å². The molecule has 7 heteroatoms. The summed E-state index contributed by atoms with van der Waals surface area (Å²) in [5.41, 5.74) is 2.11. The normalized spacial score (nSPS) is 16.4. The topological polar surface area (TPSA) is 87.7 Å². The van der Waals surface area contributed by atoms with Gasteiger partial charge in [-0.1, -0.05) is 36.4 Å². The number of hydrogen-bond acceptors (Lipinski definition) is 4. The van der Waals surface area contributed by atoms with Crippen LogP contribution in [0, 0.1) is 6.92 Å². The van der Waals surface area contributed by atoms with Crippen LogP contribution in [0.4, 0.5) is 10.5 Å². The zero-order valence-electron chi connectivity index (χ0n) is 14.5. The predicted molar refractivity (Wildman–Crippen MR) is 95.8 cm³/mol. The van der Waals surface area contributed by atoms with Crippen molar-refractivity contribution < 1.29 is 19.1 Å². The van der Waals surface area contributed by atoms with Gasteiger partial charge < -0.3 is 15.4 Å². The van der Waals surface area contributed by atoms with Crippen molar-refractivity contribution in [1.29, 1.82) is 0 Å². The van der Waals surface area contributed by atoms with Crippen LogP contribution in [0.15, 0.2) is 48.5 Å². The zero-order valence-corrected chi connectivity index (χ0v) is 14.5. The molecule has 0 aromatic heterocycles. The molecule has 1 aliphatic rings. The lowest BCUT2D eigenvalue weighted by atomic mass is 10.1. The standard InChI is InChI=1S/C19H19N3O4/c1-12-8-9-15(26-2)14(10-12)20-16(23)11-22-18(24)17(21-19(22)25)13-6-4-3-5-7-13/h3-10,17H,11H2,1-2H3,(H,20,23)(H,21,25). The van der Waals surface area contributed by atoms with Crippen LogP contribution in [0.2, 0.25) is 0 Å². The third-order valence-electron chi connectivity index (χ3n) is 4.09. The molecule has 2 aromatic rings. The summed E-state index contributed by atoms with van der Waals surface area (Å²) in [5, 5.41) is 5.29. The number of nitrogens with zero attached hydrogens (tertiary/aromatic N) is 1. The van der Waals surface area contributed by atoms with Gasteiger partial charge in [0.1, 0.15) is 18.3 Å². The Labute approximate surface area is 150 Å². The Hall–Kier alpha value is -3.35. The number of hydrogen-bond donors (Lipinski definition) is 2. The van der Waals surface area contributed by atoms with Gasteiger partial charge in [0.15, 0.2) is 0 Å². The van der Waals surface area contributed by atoms with Gasteiger partial charge in [-0.05, 0) is 30.2 Å². The number of carbonyl (C=O) groups is 3. The maximum atomic E-state index is 12.5. The van der Waals surface area contributed by atoms with E-state index in [2.05, 4.69) is 10.6 Å². The van der Waals surface area contributed by atoms with Crippen molar-refractivity contribution in [2.75, 3.05) is 19.0 Å². The third-order valence-corrected chi connectivity index (χ3v) is 4.09. The molecule has 7 nitrogen and oxygen atoms in total. The van der Waals surface area contributed by atoms with E-state index in [1.54, 1.807) is 36.4 Å². The molecule has 1 heterocycles. The summed E-state index contributed by atoms with van der Waals surface area (Å²) < 4.78 is 5.21. The van der Waals surface area contributed by atoms with Crippen molar-refractivity contribution >= 4 is 23.5 Å². The molecule has 0 aliphatic carbocycles. The van der Waals surface area contributed by atoms with Gasteiger partial charge in [0.05, 0.1) is 12.8 Å². The lowest BCUT2D eigenvalue weighted by Crippen LogP contribution is -2.38. The summed E-state index contributed by atoms with van der Waals surface area (Å²) in [6.45, 7) is 1.52. The van der Waals surface area contributed by atoms with E-state index >= 15 is 0 Å². The Morgan fingerprint density at radius 1 is 1.19 bits per heavy atom. The molecule has 1 fully saturated rings. The molecule has 4 amide bonds. The number of ether oxygens (including phenoxy) is 1. The van der Waals surface area contributed by atoms with Crippen molar-refractivity contribution in [3.63, 3.8) is 0 Å². The SMILES string of the molecule is COc1ccc(C)cc1NC(=O)CN1C(=O)NC(c2ccccc2)C1=O. The van der Waals surface area contributed by atoms with Crippen LogP contribution < -0.4 is 15.4 Å². The number of amides is 4. The number of nitrogens with one attached hydrogen (secondary N) is 2. The van der Waals surface area contributed by atoms with E-state index in [4.69, 9.17) is 4.74 Å². The summed E-state index contributed by atoms with van der Waals surface area (Å²) in [4.78, 5) is 37.9. The van der Waals surface area contributed by atoms with E-state index in [1.807, 2.05) is 19.1 Å². The second-order valence-electron chi connectivity index (χ2n) is 5.97. The maximum absolute atomic E-state index is 12.5. The van der Waals surface area contributed by atoms with Crippen LogP contribution in [-0.4, -0.2) is 36.4 Å². The van der Waals surface area contributed by atoms with E-state index in [0.29, 0.717) is 17.0 Å². The summed E-state index contributed by atoms with van der Waals surface area (Å²) in [5.74, 6) is -0.429. The fourth-order valence-electron chi connectivity index (χ4n) is 2.79. The molecule has 0 saturated carbocycles. The van der Waals surface area contributed by atoms with Gasteiger partial charge >= 0.3 is 6.03 Å². The smallest absolute Gasteiger partial charge is 0.325 e. The minimum atomic E-state index is -0.773. The number of anilines is 1. The number of imide groups is 1. The molecule has 26 heavy (non-hydrogen) atoms. The third kappa shape index (κ3) is 3.51. The van der Waals surface area contributed by atoms with Crippen LogP contribution >= 0.6 is 0 Å². The van der Waals surface area contributed by atoms with Crippen molar-refractivity contribution in [3.05, 3.63) is 59.7 Å². The lowest BCUT2D eigenvalue weighted by molar-refractivity contribution is -0.130. The number of urea groups is 1. The molecular formula is C19H19N3O4. The number of benzene rings is 2. The summed E-state index contributed by atoms with van der Waals surface area (Å²) >= 11 is 0. The quantitative estimate of drug-likeness (QED) is 0.807. The fourth-order valence-corrected chi connectivity index (χ4v) is 2.79. The Morgan fingerprint density at radius 2 is 1.92 bits per heavy atom. The zero-order chi connectivity index (χ0) is 18.7. The Bertz CT molecular complexity index is 851. The van der Waals surface area contributed by atoms with Crippen molar-refractivity contribution in [1.82, 2.24) is 10.2 Å². The van der Waals surface area contributed by atoms with Crippen molar-refractivity contribution in [2.24, 2.45) is 0 Å². The second-order valence-corrected chi connectivity index (χ2v) is 5.97. The highest BCUT2D eigenvalue weighted by Crippen LogP contribution is 2.26. The molecule has 0 radical (unpaired) electrons. The summed E-state index contributed by atoms with van der Waals surface area (Å²) in [6.07, 6.45) is 0. The Morgan fingerprint density at radius 3 is 2.62 bits per heavy atom. The van der Waals surface area contributed by atoms with Crippen LogP contribution in [-0.2, 0) is 9.59 Å². The highest BCUT2D eigenvalue weighted by molar-refractivity contribution is 6.08. The molecule has 0 bridgehead atoms. The van der Waals surface area contributed by atoms with Crippen LogP contribution in [0.1, 0.15) is 17.2 Å². The molecule has 134 valence electrons. The minimum absolute atomic E-state index is 0.370. The molecule has 1 atom stereocenters. The minimum Gasteiger partial charge on any atom is -0.495 e. The van der Waals surface area contributed by atoms with Crippen LogP contribution in [0.25, 0.3) is 0 Å².